The zero-order valence-electron chi connectivity index (χ0n) is 11.5. The van der Waals surface area contributed by atoms with Crippen LogP contribution in [0, 0.1) is 6.92 Å². The van der Waals surface area contributed by atoms with Crippen LogP contribution in [0.15, 0.2) is 28.7 Å². The molecular weight excluding hydrogens is 349 g/mol. The molecular formula is C14H14BrF3N2O. The van der Waals surface area contributed by atoms with Crippen molar-refractivity contribution in [2.75, 3.05) is 0 Å². The molecule has 1 heterocycles. The first kappa shape index (κ1) is 15.9. The molecule has 0 aliphatic carbocycles. The highest BCUT2D eigenvalue weighted by Crippen LogP contribution is 2.36. The van der Waals surface area contributed by atoms with Gasteiger partial charge in [0.15, 0.2) is 0 Å². The lowest BCUT2D eigenvalue weighted by molar-refractivity contribution is -0.139. The number of aromatic nitrogens is 2. The summed E-state index contributed by atoms with van der Waals surface area (Å²) in [6, 6.07) is 5.18. The lowest BCUT2D eigenvalue weighted by Gasteiger charge is -2.14. The lowest BCUT2D eigenvalue weighted by Crippen LogP contribution is -2.11. The van der Waals surface area contributed by atoms with E-state index in [1.807, 2.05) is 13.8 Å². The van der Waals surface area contributed by atoms with Gasteiger partial charge in [-0.25, -0.2) is 0 Å². The Morgan fingerprint density at radius 3 is 2.57 bits per heavy atom. The van der Waals surface area contributed by atoms with Gasteiger partial charge in [0.05, 0.1) is 21.4 Å². The maximum Gasteiger partial charge on any atom is 0.419 e. The van der Waals surface area contributed by atoms with Crippen molar-refractivity contribution in [2.24, 2.45) is 0 Å². The molecule has 114 valence electrons. The molecule has 0 fully saturated rings. The van der Waals surface area contributed by atoms with Crippen LogP contribution < -0.4 is 4.74 Å². The quantitative estimate of drug-likeness (QED) is 0.796. The van der Waals surface area contributed by atoms with Crippen molar-refractivity contribution in [1.29, 1.82) is 0 Å². The van der Waals surface area contributed by atoms with E-state index in [4.69, 9.17) is 4.74 Å². The number of ether oxygens (including phenoxy) is 1. The van der Waals surface area contributed by atoms with E-state index in [0.717, 1.165) is 16.2 Å². The number of rotatable bonds is 4. The van der Waals surface area contributed by atoms with Gasteiger partial charge >= 0.3 is 6.18 Å². The lowest BCUT2D eigenvalue weighted by atomic mass is 10.2. The molecule has 21 heavy (non-hydrogen) atoms. The van der Waals surface area contributed by atoms with Gasteiger partial charge in [0.2, 0.25) is 0 Å². The van der Waals surface area contributed by atoms with E-state index >= 15 is 0 Å². The van der Waals surface area contributed by atoms with Gasteiger partial charge in [-0.1, -0.05) is 12.1 Å². The van der Waals surface area contributed by atoms with Crippen LogP contribution in [0.2, 0.25) is 0 Å². The molecule has 0 radical (unpaired) electrons. The van der Waals surface area contributed by atoms with Crippen LogP contribution in [0.5, 0.6) is 5.75 Å². The largest absolute Gasteiger partial charge is 0.487 e. The molecule has 0 atom stereocenters. The van der Waals surface area contributed by atoms with Crippen LogP contribution >= 0.6 is 15.9 Å². The first-order valence-corrected chi connectivity index (χ1v) is 7.14. The number of para-hydroxylation sites is 1. The SMILES string of the molecule is CCn1nc(C)c(Br)c1COc1ccccc1C(F)(F)F. The Balaban J connectivity index is 2.26. The Hall–Kier alpha value is -1.50. The standard InChI is InChI=1S/C14H14BrF3N2O/c1-3-20-11(13(15)9(2)19-20)8-21-12-7-5-4-6-10(12)14(16,17)18/h4-7H,3,8H2,1-2H3. The summed E-state index contributed by atoms with van der Waals surface area (Å²) in [5, 5.41) is 4.28. The number of hydrogen-bond donors (Lipinski definition) is 0. The van der Waals surface area contributed by atoms with Gasteiger partial charge in [0, 0.05) is 6.54 Å². The molecule has 2 rings (SSSR count). The number of hydrogen-bond acceptors (Lipinski definition) is 2. The van der Waals surface area contributed by atoms with Crippen molar-refractivity contribution >= 4 is 15.9 Å². The first-order valence-electron chi connectivity index (χ1n) is 6.35. The van der Waals surface area contributed by atoms with Gasteiger partial charge in [-0.05, 0) is 41.9 Å². The van der Waals surface area contributed by atoms with Crippen LogP contribution in [0.1, 0.15) is 23.9 Å². The summed E-state index contributed by atoms with van der Waals surface area (Å²) in [5.41, 5.74) is 0.715. The third-order valence-electron chi connectivity index (χ3n) is 3.01. The summed E-state index contributed by atoms with van der Waals surface area (Å²) >= 11 is 3.39. The molecule has 2 aromatic rings. The molecule has 0 aliphatic rings. The van der Waals surface area contributed by atoms with Crippen molar-refractivity contribution in [3.05, 3.63) is 45.7 Å². The number of nitrogens with zero attached hydrogens (tertiary/aromatic N) is 2. The molecule has 0 amide bonds. The highest BCUT2D eigenvalue weighted by atomic mass is 79.9. The maximum atomic E-state index is 12.9. The minimum atomic E-state index is -4.44. The normalized spacial score (nSPS) is 11.7. The Labute approximate surface area is 128 Å². The number of benzene rings is 1. The predicted octanol–water partition coefficient (Wildman–Crippen LogP) is 4.57. The summed E-state index contributed by atoms with van der Waals surface area (Å²) in [7, 11) is 0. The second kappa shape index (κ2) is 6.09. The molecule has 0 spiro atoms. The average Bonchev–Trinajstić information content (AvgIpc) is 2.71. The van der Waals surface area contributed by atoms with E-state index in [1.165, 1.54) is 18.2 Å². The Bertz CT molecular complexity index is 638. The Morgan fingerprint density at radius 1 is 1.29 bits per heavy atom. The van der Waals surface area contributed by atoms with Crippen LogP contribution in [0.3, 0.4) is 0 Å². The topological polar surface area (TPSA) is 27.1 Å². The monoisotopic (exact) mass is 362 g/mol. The smallest absolute Gasteiger partial charge is 0.419 e. The summed E-state index contributed by atoms with van der Waals surface area (Å²) in [6.07, 6.45) is -4.44. The fourth-order valence-electron chi connectivity index (χ4n) is 1.98. The van der Waals surface area contributed by atoms with Crippen LogP contribution in [-0.4, -0.2) is 9.78 Å². The van der Waals surface area contributed by atoms with Gasteiger partial charge in [0.1, 0.15) is 12.4 Å². The van der Waals surface area contributed by atoms with Gasteiger partial charge < -0.3 is 4.74 Å². The molecule has 0 unspecified atom stereocenters. The number of alkyl halides is 3. The molecule has 0 aliphatic heterocycles. The third kappa shape index (κ3) is 3.40. The second-order valence-electron chi connectivity index (χ2n) is 4.44. The molecule has 0 saturated carbocycles. The van der Waals surface area contributed by atoms with E-state index in [0.29, 0.717) is 12.2 Å². The molecule has 1 aromatic carbocycles. The summed E-state index contributed by atoms with van der Waals surface area (Å²) in [6.45, 7) is 4.36. The van der Waals surface area contributed by atoms with Crippen LogP contribution in [0.4, 0.5) is 13.2 Å². The fourth-order valence-corrected chi connectivity index (χ4v) is 2.38. The number of halogens is 4. The van der Waals surface area contributed by atoms with Gasteiger partial charge in [-0.2, -0.15) is 18.3 Å². The van der Waals surface area contributed by atoms with Crippen molar-refractivity contribution in [3.63, 3.8) is 0 Å². The summed E-state index contributed by atoms with van der Waals surface area (Å²) in [5.74, 6) is -0.182. The van der Waals surface area contributed by atoms with Crippen molar-refractivity contribution in [1.82, 2.24) is 9.78 Å². The first-order chi connectivity index (χ1) is 9.84. The van der Waals surface area contributed by atoms with E-state index in [-0.39, 0.29) is 12.4 Å². The highest BCUT2D eigenvalue weighted by Gasteiger charge is 2.34. The minimum absolute atomic E-state index is 0.0162. The van der Waals surface area contributed by atoms with Gasteiger partial charge in [0.25, 0.3) is 0 Å². The maximum absolute atomic E-state index is 12.9. The zero-order valence-corrected chi connectivity index (χ0v) is 13.1. The van der Waals surface area contributed by atoms with E-state index in [2.05, 4.69) is 21.0 Å². The van der Waals surface area contributed by atoms with Gasteiger partial charge in [-0.15, -0.1) is 0 Å². The zero-order chi connectivity index (χ0) is 15.6. The molecule has 0 N–H and O–H groups in total. The fraction of sp³-hybridized carbons (Fsp3) is 0.357. The summed E-state index contributed by atoms with van der Waals surface area (Å²) < 4.78 is 46.5. The van der Waals surface area contributed by atoms with E-state index in [9.17, 15) is 13.2 Å². The van der Waals surface area contributed by atoms with E-state index in [1.54, 1.807) is 4.68 Å². The third-order valence-corrected chi connectivity index (χ3v) is 4.04. The molecule has 7 heteroatoms. The van der Waals surface area contributed by atoms with Crippen LogP contribution in [-0.2, 0) is 19.3 Å². The molecule has 1 aromatic heterocycles. The Kier molecular flexibility index (Phi) is 4.61. The molecule has 0 bridgehead atoms. The Morgan fingerprint density at radius 2 is 1.95 bits per heavy atom. The minimum Gasteiger partial charge on any atom is -0.487 e. The second-order valence-corrected chi connectivity index (χ2v) is 5.24. The summed E-state index contributed by atoms with van der Waals surface area (Å²) in [4.78, 5) is 0. The number of aryl methyl sites for hydroxylation is 2. The molecule has 3 nitrogen and oxygen atoms in total. The average molecular weight is 363 g/mol. The van der Waals surface area contributed by atoms with Crippen molar-refractivity contribution < 1.29 is 17.9 Å². The molecule has 0 saturated heterocycles. The van der Waals surface area contributed by atoms with Crippen molar-refractivity contribution in [2.45, 2.75) is 33.2 Å². The van der Waals surface area contributed by atoms with Crippen molar-refractivity contribution in [3.8, 4) is 5.75 Å². The van der Waals surface area contributed by atoms with Crippen LogP contribution in [0.25, 0.3) is 0 Å². The van der Waals surface area contributed by atoms with E-state index < -0.39 is 11.7 Å². The predicted molar refractivity (Wildman–Crippen MR) is 76.1 cm³/mol. The highest BCUT2D eigenvalue weighted by molar-refractivity contribution is 9.10. The van der Waals surface area contributed by atoms with Gasteiger partial charge in [-0.3, -0.25) is 4.68 Å².